The molecule has 2 atom stereocenters. The van der Waals surface area contributed by atoms with Crippen LogP contribution in [0.25, 0.3) is 0 Å². The minimum Gasteiger partial charge on any atom is -0.372 e. The van der Waals surface area contributed by atoms with Crippen LogP contribution in [0, 0.1) is 5.82 Å². The van der Waals surface area contributed by atoms with Crippen LogP contribution in [0.15, 0.2) is 24.3 Å². The van der Waals surface area contributed by atoms with Gasteiger partial charge < -0.3 is 4.74 Å². The summed E-state index contributed by atoms with van der Waals surface area (Å²) in [7, 11) is 0. The molecule has 1 aromatic rings. The Morgan fingerprint density at radius 3 is 2.47 bits per heavy atom. The lowest BCUT2D eigenvalue weighted by Crippen LogP contribution is -2.43. The molecule has 0 saturated carbocycles. The number of halogens is 1. The lowest BCUT2D eigenvalue weighted by molar-refractivity contribution is -0.0379. The number of morpholine rings is 1. The molecule has 2 aliphatic heterocycles. The Bertz CT molecular complexity index is 448. The van der Waals surface area contributed by atoms with Gasteiger partial charge in [0.2, 0.25) is 0 Å². The molecule has 2 fully saturated rings. The fourth-order valence-corrected chi connectivity index (χ4v) is 2.92. The molecular formula is C15H18FNO2. The van der Waals surface area contributed by atoms with Gasteiger partial charge in [0.25, 0.3) is 0 Å². The maximum Gasteiger partial charge on any atom is 0.164 e. The van der Waals surface area contributed by atoms with E-state index >= 15 is 0 Å². The maximum absolute atomic E-state index is 12.8. The van der Waals surface area contributed by atoms with Crippen molar-refractivity contribution in [2.45, 2.75) is 31.5 Å². The molecule has 3 rings (SSSR count). The fourth-order valence-electron chi connectivity index (χ4n) is 2.92. The number of ketones is 1. The highest BCUT2D eigenvalue weighted by molar-refractivity contribution is 5.96. The maximum atomic E-state index is 12.8. The normalized spacial score (nSPS) is 26.6. The largest absolute Gasteiger partial charge is 0.372 e. The highest BCUT2D eigenvalue weighted by atomic mass is 19.1. The average molecular weight is 263 g/mol. The Morgan fingerprint density at radius 2 is 1.84 bits per heavy atom. The van der Waals surface area contributed by atoms with Crippen molar-refractivity contribution in [3.05, 3.63) is 35.6 Å². The second kappa shape index (κ2) is 5.39. The van der Waals surface area contributed by atoms with Crippen LogP contribution in [-0.4, -0.2) is 42.5 Å². The molecule has 2 heterocycles. The SMILES string of the molecule is O=C(CCN1CC2CCC(C1)O2)c1ccc(F)cc1. The first-order valence-electron chi connectivity index (χ1n) is 6.87. The topological polar surface area (TPSA) is 29.5 Å². The zero-order chi connectivity index (χ0) is 13.2. The number of rotatable bonds is 4. The van der Waals surface area contributed by atoms with E-state index < -0.39 is 0 Å². The summed E-state index contributed by atoms with van der Waals surface area (Å²) >= 11 is 0. The Kier molecular flexibility index (Phi) is 3.62. The number of carbonyl (C=O) groups is 1. The summed E-state index contributed by atoms with van der Waals surface area (Å²) in [6, 6.07) is 5.78. The van der Waals surface area contributed by atoms with Crippen LogP contribution in [0.5, 0.6) is 0 Å². The van der Waals surface area contributed by atoms with E-state index in [2.05, 4.69) is 4.90 Å². The summed E-state index contributed by atoms with van der Waals surface area (Å²) in [5.41, 5.74) is 0.595. The van der Waals surface area contributed by atoms with Crippen molar-refractivity contribution in [3.8, 4) is 0 Å². The Morgan fingerprint density at radius 1 is 1.21 bits per heavy atom. The van der Waals surface area contributed by atoms with Crippen molar-refractivity contribution in [3.63, 3.8) is 0 Å². The van der Waals surface area contributed by atoms with Gasteiger partial charge in [0, 0.05) is 31.6 Å². The van der Waals surface area contributed by atoms with E-state index in [0.29, 0.717) is 24.2 Å². The molecule has 2 bridgehead atoms. The quantitative estimate of drug-likeness (QED) is 0.780. The van der Waals surface area contributed by atoms with E-state index in [4.69, 9.17) is 4.74 Å². The van der Waals surface area contributed by atoms with Gasteiger partial charge in [-0.05, 0) is 37.1 Å². The molecule has 102 valence electrons. The van der Waals surface area contributed by atoms with Gasteiger partial charge in [-0.15, -0.1) is 0 Å². The van der Waals surface area contributed by atoms with Gasteiger partial charge in [-0.25, -0.2) is 4.39 Å². The van der Waals surface area contributed by atoms with Crippen LogP contribution >= 0.6 is 0 Å². The van der Waals surface area contributed by atoms with Gasteiger partial charge in [-0.1, -0.05) is 0 Å². The van der Waals surface area contributed by atoms with Crippen LogP contribution in [0.1, 0.15) is 29.6 Å². The van der Waals surface area contributed by atoms with E-state index in [1.54, 1.807) is 12.1 Å². The van der Waals surface area contributed by atoms with Crippen molar-refractivity contribution < 1.29 is 13.9 Å². The number of carbonyl (C=O) groups excluding carboxylic acids is 1. The number of hydrogen-bond donors (Lipinski definition) is 0. The molecule has 1 aromatic carbocycles. The molecule has 4 heteroatoms. The van der Waals surface area contributed by atoms with Crippen LogP contribution in [0.3, 0.4) is 0 Å². The summed E-state index contributed by atoms with van der Waals surface area (Å²) < 4.78 is 18.6. The highest BCUT2D eigenvalue weighted by Crippen LogP contribution is 2.26. The third-order valence-corrected chi connectivity index (χ3v) is 3.94. The highest BCUT2D eigenvalue weighted by Gasteiger charge is 2.33. The molecule has 19 heavy (non-hydrogen) atoms. The van der Waals surface area contributed by atoms with E-state index in [1.165, 1.54) is 12.1 Å². The van der Waals surface area contributed by atoms with Gasteiger partial charge in [0.15, 0.2) is 5.78 Å². The second-order valence-corrected chi connectivity index (χ2v) is 5.40. The molecule has 3 nitrogen and oxygen atoms in total. The van der Waals surface area contributed by atoms with E-state index in [-0.39, 0.29) is 11.6 Å². The van der Waals surface area contributed by atoms with Gasteiger partial charge >= 0.3 is 0 Å². The van der Waals surface area contributed by atoms with Crippen molar-refractivity contribution in [2.24, 2.45) is 0 Å². The predicted octanol–water partition coefficient (Wildman–Crippen LogP) is 2.26. The first-order chi connectivity index (χ1) is 9.20. The number of nitrogens with zero attached hydrogens (tertiary/aromatic N) is 1. The van der Waals surface area contributed by atoms with Crippen molar-refractivity contribution in [2.75, 3.05) is 19.6 Å². The van der Waals surface area contributed by atoms with E-state index in [9.17, 15) is 9.18 Å². The van der Waals surface area contributed by atoms with Gasteiger partial charge in [0.1, 0.15) is 5.82 Å². The van der Waals surface area contributed by atoms with E-state index in [1.807, 2.05) is 0 Å². The standard InChI is InChI=1S/C15H18FNO2/c16-12-3-1-11(2-4-12)15(18)7-8-17-9-13-5-6-14(10-17)19-13/h1-4,13-14H,5-10H2. The third kappa shape index (κ3) is 3.01. The van der Waals surface area contributed by atoms with Crippen LogP contribution in [0.2, 0.25) is 0 Å². The van der Waals surface area contributed by atoms with Gasteiger partial charge in [-0.2, -0.15) is 0 Å². The molecule has 0 aromatic heterocycles. The lowest BCUT2D eigenvalue weighted by atomic mass is 10.1. The number of hydrogen-bond acceptors (Lipinski definition) is 3. The number of ether oxygens (including phenoxy) is 1. The van der Waals surface area contributed by atoms with Crippen LogP contribution in [-0.2, 0) is 4.74 Å². The minimum absolute atomic E-state index is 0.0823. The van der Waals surface area contributed by atoms with Crippen molar-refractivity contribution >= 4 is 5.78 Å². The Labute approximate surface area is 112 Å². The monoisotopic (exact) mass is 263 g/mol. The van der Waals surface area contributed by atoms with Crippen LogP contribution in [0.4, 0.5) is 4.39 Å². The molecule has 2 unspecified atom stereocenters. The molecule has 0 N–H and O–H groups in total. The molecule has 0 amide bonds. The number of fused-ring (bicyclic) bond motifs is 2. The minimum atomic E-state index is -0.304. The van der Waals surface area contributed by atoms with Crippen molar-refractivity contribution in [1.29, 1.82) is 0 Å². The molecule has 0 spiro atoms. The third-order valence-electron chi connectivity index (χ3n) is 3.94. The zero-order valence-corrected chi connectivity index (χ0v) is 10.8. The zero-order valence-electron chi connectivity index (χ0n) is 10.8. The molecule has 2 saturated heterocycles. The fraction of sp³-hybridized carbons (Fsp3) is 0.533. The number of Topliss-reactive ketones (excluding diaryl/α,β-unsaturated/α-hetero) is 1. The van der Waals surface area contributed by atoms with Crippen molar-refractivity contribution in [1.82, 2.24) is 4.90 Å². The summed E-state index contributed by atoms with van der Waals surface area (Å²) in [6.07, 6.45) is 3.50. The molecule has 0 aliphatic carbocycles. The Balaban J connectivity index is 1.52. The summed E-state index contributed by atoms with van der Waals surface area (Å²) in [4.78, 5) is 14.3. The lowest BCUT2D eigenvalue weighted by Gasteiger charge is -2.31. The molecule has 0 radical (unpaired) electrons. The van der Waals surface area contributed by atoms with E-state index in [0.717, 1.165) is 32.5 Å². The number of likely N-dealkylation sites (tertiary alicyclic amines) is 1. The first-order valence-corrected chi connectivity index (χ1v) is 6.87. The predicted molar refractivity (Wildman–Crippen MR) is 69.7 cm³/mol. The average Bonchev–Trinajstić information content (AvgIpc) is 2.76. The molecular weight excluding hydrogens is 245 g/mol. The first kappa shape index (κ1) is 12.8. The number of benzene rings is 1. The summed E-state index contributed by atoms with van der Waals surface area (Å²) in [5.74, 6) is -0.222. The van der Waals surface area contributed by atoms with Gasteiger partial charge in [-0.3, -0.25) is 9.69 Å². The Hall–Kier alpha value is -1.26. The summed E-state index contributed by atoms with van der Waals surface area (Å²) in [5, 5.41) is 0. The summed E-state index contributed by atoms with van der Waals surface area (Å²) in [6.45, 7) is 2.65. The smallest absolute Gasteiger partial charge is 0.164 e. The van der Waals surface area contributed by atoms with Gasteiger partial charge in [0.05, 0.1) is 12.2 Å². The molecule has 2 aliphatic rings. The second-order valence-electron chi connectivity index (χ2n) is 5.40. The van der Waals surface area contributed by atoms with Crippen LogP contribution < -0.4 is 0 Å².